The Balaban J connectivity index is 1.45. The highest BCUT2D eigenvalue weighted by Gasteiger charge is 2.37. The Morgan fingerprint density at radius 2 is 2.04 bits per heavy atom. The summed E-state index contributed by atoms with van der Waals surface area (Å²) in [5, 5.41) is 0. The summed E-state index contributed by atoms with van der Waals surface area (Å²) in [4.78, 5) is 25.0. The maximum absolute atomic E-state index is 13.3. The Morgan fingerprint density at radius 1 is 1.22 bits per heavy atom. The molecule has 2 aliphatic rings. The van der Waals surface area contributed by atoms with Crippen molar-refractivity contribution in [3.8, 4) is 11.6 Å². The lowest BCUT2D eigenvalue weighted by Crippen LogP contribution is -2.54. The zero-order valence-corrected chi connectivity index (χ0v) is 15.6. The number of amides is 1. The van der Waals surface area contributed by atoms with Gasteiger partial charge in [-0.15, -0.1) is 0 Å². The molecule has 0 N–H and O–H groups in total. The molecule has 2 heterocycles. The normalized spacial score (nSPS) is 19.9. The highest BCUT2D eigenvalue weighted by molar-refractivity contribution is 5.81. The van der Waals surface area contributed by atoms with Crippen molar-refractivity contribution >= 4 is 11.7 Å². The molecular formula is C20H23FN4O2. The topological polar surface area (TPSA) is 58.6 Å². The largest absolute Gasteiger partial charge is 0.439 e. The second kappa shape index (κ2) is 7.13. The molecule has 0 spiro atoms. The minimum absolute atomic E-state index is 0.144. The molecule has 0 bridgehead atoms. The van der Waals surface area contributed by atoms with Crippen molar-refractivity contribution in [1.82, 2.24) is 14.9 Å². The maximum atomic E-state index is 13.3. The van der Waals surface area contributed by atoms with E-state index >= 15 is 0 Å². The van der Waals surface area contributed by atoms with Crippen molar-refractivity contribution in [3.05, 3.63) is 42.0 Å². The van der Waals surface area contributed by atoms with Crippen molar-refractivity contribution < 1.29 is 13.9 Å². The molecule has 27 heavy (non-hydrogen) atoms. The predicted molar refractivity (Wildman–Crippen MR) is 99.4 cm³/mol. The van der Waals surface area contributed by atoms with Crippen LogP contribution in [0.1, 0.15) is 25.3 Å². The second-order valence-corrected chi connectivity index (χ2v) is 7.33. The molecule has 2 fully saturated rings. The van der Waals surface area contributed by atoms with Gasteiger partial charge in [-0.1, -0.05) is 0 Å². The van der Waals surface area contributed by atoms with Gasteiger partial charge in [0.1, 0.15) is 23.7 Å². The Kier molecular flexibility index (Phi) is 4.68. The van der Waals surface area contributed by atoms with E-state index in [0.717, 1.165) is 31.7 Å². The van der Waals surface area contributed by atoms with Crippen molar-refractivity contribution in [2.45, 2.75) is 32.7 Å². The quantitative estimate of drug-likeness (QED) is 0.827. The number of halogens is 1. The molecule has 1 atom stereocenters. The van der Waals surface area contributed by atoms with Crippen molar-refractivity contribution in [2.75, 3.05) is 24.5 Å². The first-order valence-electron chi connectivity index (χ1n) is 9.33. The lowest BCUT2D eigenvalue weighted by molar-refractivity contribution is -0.134. The molecule has 1 saturated heterocycles. The van der Waals surface area contributed by atoms with E-state index in [1.807, 2.05) is 4.90 Å². The summed E-state index contributed by atoms with van der Waals surface area (Å²) in [5.74, 6) is 1.99. The van der Waals surface area contributed by atoms with Gasteiger partial charge in [0.25, 0.3) is 0 Å². The summed E-state index contributed by atoms with van der Waals surface area (Å²) in [6.45, 7) is 6.03. The Morgan fingerprint density at radius 3 is 2.74 bits per heavy atom. The van der Waals surface area contributed by atoms with Crippen LogP contribution in [0.3, 0.4) is 0 Å². The third-order valence-electron chi connectivity index (χ3n) is 5.14. The number of hydrogen-bond donors (Lipinski definition) is 0. The minimum atomic E-state index is -0.296. The van der Waals surface area contributed by atoms with E-state index in [1.54, 1.807) is 19.1 Å². The number of aryl methyl sites for hydroxylation is 1. The van der Waals surface area contributed by atoms with Crippen LogP contribution in [0.25, 0.3) is 0 Å². The number of hydrogen-bond acceptors (Lipinski definition) is 5. The molecule has 1 unspecified atom stereocenters. The van der Waals surface area contributed by atoms with Gasteiger partial charge in [0.15, 0.2) is 0 Å². The molecular weight excluding hydrogens is 347 g/mol. The van der Waals surface area contributed by atoms with Gasteiger partial charge in [-0.3, -0.25) is 4.79 Å². The molecule has 0 radical (unpaired) electrons. The van der Waals surface area contributed by atoms with Crippen molar-refractivity contribution in [3.63, 3.8) is 0 Å². The number of aromatic nitrogens is 2. The molecule has 1 aromatic carbocycles. The first kappa shape index (κ1) is 17.7. The number of benzene rings is 1. The number of nitrogens with zero attached hydrogens (tertiary/aromatic N) is 4. The van der Waals surface area contributed by atoms with Gasteiger partial charge >= 0.3 is 0 Å². The second-order valence-electron chi connectivity index (χ2n) is 7.33. The standard InChI is InChI=1S/C20H23FN4O2/c1-13-9-16(21)5-6-17(13)27-19-10-18(22-12-23-19)24-7-8-25(14(2)11-24)20(26)15-3-4-15/h5-6,9-10,12,14-15H,3-4,7-8,11H2,1-2H3. The fraction of sp³-hybridized carbons (Fsp3) is 0.450. The number of rotatable bonds is 4. The van der Waals surface area contributed by atoms with Crippen LogP contribution >= 0.6 is 0 Å². The van der Waals surface area contributed by atoms with Crippen LogP contribution in [0.2, 0.25) is 0 Å². The molecule has 1 aliphatic carbocycles. The first-order chi connectivity index (χ1) is 13.0. The molecule has 1 saturated carbocycles. The molecule has 1 aliphatic heterocycles. The fourth-order valence-corrected chi connectivity index (χ4v) is 3.46. The van der Waals surface area contributed by atoms with Crippen LogP contribution < -0.4 is 9.64 Å². The molecule has 1 amide bonds. The monoisotopic (exact) mass is 370 g/mol. The summed E-state index contributed by atoms with van der Waals surface area (Å²) in [5.41, 5.74) is 0.705. The van der Waals surface area contributed by atoms with Gasteiger partial charge < -0.3 is 14.5 Å². The summed E-state index contributed by atoms with van der Waals surface area (Å²) < 4.78 is 19.1. The Hall–Kier alpha value is -2.70. The van der Waals surface area contributed by atoms with E-state index in [0.29, 0.717) is 29.6 Å². The average Bonchev–Trinajstić information content (AvgIpc) is 3.49. The number of piperazine rings is 1. The summed E-state index contributed by atoms with van der Waals surface area (Å²) in [6, 6.07) is 6.31. The molecule has 2 aromatic rings. The molecule has 1 aromatic heterocycles. The summed E-state index contributed by atoms with van der Waals surface area (Å²) >= 11 is 0. The molecule has 4 rings (SSSR count). The average molecular weight is 370 g/mol. The zero-order valence-electron chi connectivity index (χ0n) is 15.6. The zero-order chi connectivity index (χ0) is 19.0. The molecule has 142 valence electrons. The Bertz CT molecular complexity index is 856. The van der Waals surface area contributed by atoms with E-state index < -0.39 is 0 Å². The van der Waals surface area contributed by atoms with Gasteiger partial charge in [-0.25, -0.2) is 14.4 Å². The van der Waals surface area contributed by atoms with Crippen LogP contribution in [0.4, 0.5) is 10.2 Å². The van der Waals surface area contributed by atoms with Crippen molar-refractivity contribution in [2.24, 2.45) is 5.92 Å². The van der Waals surface area contributed by atoms with E-state index in [1.165, 1.54) is 18.5 Å². The highest BCUT2D eigenvalue weighted by atomic mass is 19.1. The van der Waals surface area contributed by atoms with Gasteiger partial charge in [0.2, 0.25) is 11.8 Å². The predicted octanol–water partition coefficient (Wildman–Crippen LogP) is 3.16. The molecule has 6 nitrogen and oxygen atoms in total. The van der Waals surface area contributed by atoms with Crippen LogP contribution in [0, 0.1) is 18.7 Å². The van der Waals surface area contributed by atoms with Gasteiger partial charge in [0, 0.05) is 37.7 Å². The minimum Gasteiger partial charge on any atom is -0.439 e. The van der Waals surface area contributed by atoms with E-state index in [9.17, 15) is 9.18 Å². The molecule has 7 heteroatoms. The van der Waals surface area contributed by atoms with E-state index in [4.69, 9.17) is 4.74 Å². The number of carbonyl (C=O) groups is 1. The fourth-order valence-electron chi connectivity index (χ4n) is 3.46. The van der Waals surface area contributed by atoms with Crippen LogP contribution in [-0.2, 0) is 4.79 Å². The van der Waals surface area contributed by atoms with E-state index in [-0.39, 0.29) is 17.8 Å². The SMILES string of the molecule is Cc1cc(F)ccc1Oc1cc(N2CCN(C(=O)C3CC3)C(C)C2)ncn1. The third-order valence-corrected chi connectivity index (χ3v) is 5.14. The van der Waals surface area contributed by atoms with Gasteiger partial charge in [0.05, 0.1) is 0 Å². The number of ether oxygens (including phenoxy) is 1. The van der Waals surface area contributed by atoms with Gasteiger partial charge in [-0.05, 0) is 50.5 Å². The summed E-state index contributed by atoms with van der Waals surface area (Å²) in [7, 11) is 0. The summed E-state index contributed by atoms with van der Waals surface area (Å²) in [6.07, 6.45) is 3.53. The van der Waals surface area contributed by atoms with Crippen LogP contribution in [-0.4, -0.2) is 46.5 Å². The number of anilines is 1. The first-order valence-corrected chi connectivity index (χ1v) is 9.33. The van der Waals surface area contributed by atoms with Crippen LogP contribution in [0.15, 0.2) is 30.6 Å². The van der Waals surface area contributed by atoms with E-state index in [2.05, 4.69) is 21.8 Å². The number of carbonyl (C=O) groups excluding carboxylic acids is 1. The van der Waals surface area contributed by atoms with Gasteiger partial charge in [-0.2, -0.15) is 0 Å². The lowest BCUT2D eigenvalue weighted by atomic mass is 10.1. The smallest absolute Gasteiger partial charge is 0.226 e. The maximum Gasteiger partial charge on any atom is 0.226 e. The lowest BCUT2D eigenvalue weighted by Gasteiger charge is -2.40. The van der Waals surface area contributed by atoms with Crippen molar-refractivity contribution in [1.29, 1.82) is 0 Å². The van der Waals surface area contributed by atoms with Crippen LogP contribution in [0.5, 0.6) is 11.6 Å². The Labute approximate surface area is 158 Å². The third kappa shape index (κ3) is 3.86. The highest BCUT2D eigenvalue weighted by Crippen LogP contribution is 2.33.